The molecular formula is C28H31ClFN3O4S. The molecule has 7 nitrogen and oxygen atoms in total. The minimum absolute atomic E-state index is 0.00963. The smallest absolute Gasteiger partial charge is 0.264 e. The van der Waals surface area contributed by atoms with Crippen molar-refractivity contribution < 1.29 is 22.4 Å². The largest absolute Gasteiger partial charge is 0.352 e. The summed E-state index contributed by atoms with van der Waals surface area (Å²) in [4.78, 5) is 28.1. The van der Waals surface area contributed by atoms with Crippen molar-refractivity contribution in [1.82, 2.24) is 10.2 Å². The number of anilines is 1. The molecule has 0 bridgehead atoms. The molecule has 0 unspecified atom stereocenters. The summed E-state index contributed by atoms with van der Waals surface area (Å²) in [6, 6.07) is 18.4. The van der Waals surface area contributed by atoms with Gasteiger partial charge in [0.15, 0.2) is 0 Å². The molecule has 2 atom stereocenters. The van der Waals surface area contributed by atoms with E-state index in [0.29, 0.717) is 17.0 Å². The maximum absolute atomic E-state index is 13.8. The number of halogens is 2. The van der Waals surface area contributed by atoms with E-state index in [4.69, 9.17) is 11.6 Å². The van der Waals surface area contributed by atoms with Gasteiger partial charge in [0.2, 0.25) is 11.8 Å². The molecule has 0 saturated heterocycles. The number of carbonyl (C=O) groups excluding carboxylic acids is 2. The Hall–Kier alpha value is -3.43. The van der Waals surface area contributed by atoms with Crippen LogP contribution < -0.4 is 9.62 Å². The van der Waals surface area contributed by atoms with Crippen LogP contribution in [0.25, 0.3) is 0 Å². The molecule has 0 saturated carbocycles. The molecule has 10 heteroatoms. The number of nitrogens with zero attached hydrogens (tertiary/aromatic N) is 2. The second-order valence-electron chi connectivity index (χ2n) is 8.94. The SMILES string of the molecule is CC[C@H](C)NC(=O)[C@@H](C)N(Cc1ccc(F)cc1)C(=O)CN(c1ccc(Cl)cc1)S(=O)(=O)c1ccccc1. The molecule has 1 N–H and O–H groups in total. The van der Waals surface area contributed by atoms with Gasteiger partial charge in [-0.15, -0.1) is 0 Å². The summed E-state index contributed by atoms with van der Waals surface area (Å²) in [5, 5.41) is 3.28. The number of amides is 2. The molecule has 0 radical (unpaired) electrons. The standard InChI is InChI=1S/C28H31ClFN3O4S/c1-4-20(2)31-28(35)21(3)32(18-22-10-14-24(30)15-11-22)27(34)19-33(25-16-12-23(29)13-17-25)38(36,37)26-8-6-5-7-9-26/h5-17,20-21H,4,18-19H2,1-3H3,(H,31,35)/t20-,21+/m0/s1. The monoisotopic (exact) mass is 559 g/mol. The fourth-order valence-corrected chi connectivity index (χ4v) is 5.25. The van der Waals surface area contributed by atoms with Crippen molar-refractivity contribution in [3.63, 3.8) is 0 Å². The molecule has 202 valence electrons. The van der Waals surface area contributed by atoms with E-state index < -0.39 is 34.3 Å². The van der Waals surface area contributed by atoms with Gasteiger partial charge >= 0.3 is 0 Å². The second kappa shape index (κ2) is 12.9. The highest BCUT2D eigenvalue weighted by Crippen LogP contribution is 2.26. The molecule has 0 fully saturated rings. The van der Waals surface area contributed by atoms with Crippen molar-refractivity contribution in [3.8, 4) is 0 Å². The minimum atomic E-state index is -4.15. The van der Waals surface area contributed by atoms with Gasteiger partial charge in [-0.05, 0) is 74.4 Å². The van der Waals surface area contributed by atoms with E-state index in [9.17, 15) is 22.4 Å². The highest BCUT2D eigenvalue weighted by Gasteiger charge is 2.32. The van der Waals surface area contributed by atoms with Crippen LogP contribution >= 0.6 is 11.6 Å². The van der Waals surface area contributed by atoms with Gasteiger partial charge < -0.3 is 10.2 Å². The summed E-state index contributed by atoms with van der Waals surface area (Å²) in [7, 11) is -4.15. The number of benzene rings is 3. The van der Waals surface area contributed by atoms with Crippen LogP contribution in [0.5, 0.6) is 0 Å². The van der Waals surface area contributed by atoms with Gasteiger partial charge in [-0.3, -0.25) is 13.9 Å². The molecule has 3 aromatic carbocycles. The van der Waals surface area contributed by atoms with E-state index >= 15 is 0 Å². The van der Waals surface area contributed by atoms with E-state index in [2.05, 4.69) is 5.32 Å². The summed E-state index contributed by atoms with van der Waals surface area (Å²) in [5.41, 5.74) is 0.831. The molecule has 0 spiro atoms. The maximum atomic E-state index is 13.8. The third kappa shape index (κ3) is 7.33. The molecule has 0 aliphatic heterocycles. The molecule has 0 aromatic heterocycles. The first-order chi connectivity index (χ1) is 18.0. The van der Waals surface area contributed by atoms with Crippen LogP contribution in [0.1, 0.15) is 32.8 Å². The van der Waals surface area contributed by atoms with Gasteiger partial charge in [0.1, 0.15) is 18.4 Å². The van der Waals surface area contributed by atoms with Crippen molar-refractivity contribution in [3.05, 3.63) is 95.3 Å². The fourth-order valence-electron chi connectivity index (χ4n) is 3.69. The maximum Gasteiger partial charge on any atom is 0.264 e. The Kier molecular flexibility index (Phi) is 9.88. The zero-order chi connectivity index (χ0) is 27.9. The Labute approximate surface area is 228 Å². The van der Waals surface area contributed by atoms with Crippen molar-refractivity contribution in [2.45, 2.75) is 50.7 Å². The van der Waals surface area contributed by atoms with Crippen LogP contribution in [-0.4, -0.2) is 43.8 Å². The number of sulfonamides is 1. The highest BCUT2D eigenvalue weighted by molar-refractivity contribution is 7.92. The topological polar surface area (TPSA) is 86.8 Å². The van der Waals surface area contributed by atoms with E-state index in [1.165, 1.54) is 65.6 Å². The predicted octanol–water partition coefficient (Wildman–Crippen LogP) is 5.01. The molecule has 0 aliphatic rings. The lowest BCUT2D eigenvalue weighted by molar-refractivity contribution is -0.139. The normalized spacial score (nSPS) is 12.9. The molecule has 3 aromatic rings. The molecule has 2 amide bonds. The third-order valence-corrected chi connectivity index (χ3v) is 8.20. The average molecular weight is 560 g/mol. The van der Waals surface area contributed by atoms with Gasteiger partial charge in [0, 0.05) is 17.6 Å². The van der Waals surface area contributed by atoms with E-state index in [0.717, 1.165) is 4.31 Å². The first-order valence-corrected chi connectivity index (χ1v) is 14.0. The Bertz CT molecular complexity index is 1340. The van der Waals surface area contributed by atoms with Crippen LogP contribution in [0.4, 0.5) is 10.1 Å². The van der Waals surface area contributed by atoms with Crippen LogP contribution in [0.3, 0.4) is 0 Å². The third-order valence-electron chi connectivity index (χ3n) is 6.16. The number of hydrogen-bond acceptors (Lipinski definition) is 4. The molecule has 0 aliphatic carbocycles. The average Bonchev–Trinajstić information content (AvgIpc) is 2.91. The van der Waals surface area contributed by atoms with E-state index in [1.807, 2.05) is 13.8 Å². The Morgan fingerprint density at radius 1 is 0.947 bits per heavy atom. The summed E-state index contributed by atoms with van der Waals surface area (Å²) >= 11 is 6.02. The second-order valence-corrected chi connectivity index (χ2v) is 11.2. The Morgan fingerprint density at radius 3 is 2.13 bits per heavy atom. The lowest BCUT2D eigenvalue weighted by Crippen LogP contribution is -2.52. The lowest BCUT2D eigenvalue weighted by atomic mass is 10.1. The summed E-state index contributed by atoms with van der Waals surface area (Å²) in [6.45, 7) is 4.77. The Morgan fingerprint density at radius 2 is 1.55 bits per heavy atom. The number of carbonyl (C=O) groups is 2. The van der Waals surface area contributed by atoms with E-state index in [1.54, 1.807) is 25.1 Å². The van der Waals surface area contributed by atoms with Crippen molar-refractivity contribution in [2.24, 2.45) is 0 Å². The van der Waals surface area contributed by atoms with Crippen LogP contribution in [0.2, 0.25) is 5.02 Å². The van der Waals surface area contributed by atoms with Gasteiger partial charge in [0.25, 0.3) is 10.0 Å². The summed E-state index contributed by atoms with van der Waals surface area (Å²) in [6.07, 6.45) is 0.698. The van der Waals surface area contributed by atoms with Gasteiger partial charge in [-0.1, -0.05) is 48.9 Å². The number of hydrogen-bond donors (Lipinski definition) is 1. The van der Waals surface area contributed by atoms with Gasteiger partial charge in [0.05, 0.1) is 10.6 Å². The Balaban J connectivity index is 2.00. The molecular weight excluding hydrogens is 529 g/mol. The van der Waals surface area contributed by atoms with Crippen LogP contribution in [0, 0.1) is 5.82 Å². The number of rotatable bonds is 11. The van der Waals surface area contributed by atoms with Crippen molar-refractivity contribution >= 4 is 39.1 Å². The zero-order valence-electron chi connectivity index (χ0n) is 21.5. The molecule has 3 rings (SSSR count). The number of nitrogens with one attached hydrogen (secondary N) is 1. The van der Waals surface area contributed by atoms with Crippen LogP contribution in [-0.2, 0) is 26.2 Å². The van der Waals surface area contributed by atoms with E-state index in [-0.39, 0.29) is 29.1 Å². The molecule has 38 heavy (non-hydrogen) atoms. The van der Waals surface area contributed by atoms with Crippen LogP contribution in [0.15, 0.2) is 83.8 Å². The highest BCUT2D eigenvalue weighted by atomic mass is 35.5. The zero-order valence-corrected chi connectivity index (χ0v) is 23.0. The first kappa shape index (κ1) is 29.1. The van der Waals surface area contributed by atoms with Gasteiger partial charge in [-0.2, -0.15) is 0 Å². The first-order valence-electron chi connectivity index (χ1n) is 12.2. The summed E-state index contributed by atoms with van der Waals surface area (Å²) in [5.74, 6) is -1.41. The quantitative estimate of drug-likeness (QED) is 0.358. The van der Waals surface area contributed by atoms with Crippen molar-refractivity contribution in [1.29, 1.82) is 0 Å². The minimum Gasteiger partial charge on any atom is -0.352 e. The van der Waals surface area contributed by atoms with Crippen molar-refractivity contribution in [2.75, 3.05) is 10.8 Å². The lowest BCUT2D eigenvalue weighted by Gasteiger charge is -2.32. The fraction of sp³-hybridized carbons (Fsp3) is 0.286. The summed E-state index contributed by atoms with van der Waals surface area (Å²) < 4.78 is 41.8. The van der Waals surface area contributed by atoms with Gasteiger partial charge in [-0.25, -0.2) is 12.8 Å². The molecule has 0 heterocycles. The predicted molar refractivity (Wildman–Crippen MR) is 147 cm³/mol.